The number of amides is 2. The van der Waals surface area contributed by atoms with Crippen LogP contribution in [0.3, 0.4) is 0 Å². The van der Waals surface area contributed by atoms with Gasteiger partial charge in [-0.15, -0.1) is 5.10 Å². The Labute approximate surface area is 474 Å². The number of fused-ring (bicyclic) bond motifs is 1. The first-order chi connectivity index (χ1) is 38.1. The fourth-order valence-electron chi connectivity index (χ4n) is 12.5. The van der Waals surface area contributed by atoms with Crippen LogP contribution in [0, 0.1) is 27.9 Å². The average Bonchev–Trinajstić information content (AvgIpc) is 4.25. The molecule has 5 heterocycles. The summed E-state index contributed by atoms with van der Waals surface area (Å²) in [7, 11) is 3.37. The number of aryl methyl sites for hydroxylation is 2. The van der Waals surface area contributed by atoms with E-state index < -0.39 is 131 Å². The van der Waals surface area contributed by atoms with Gasteiger partial charge in [0.2, 0.25) is 0 Å². The molecule has 4 aliphatic heterocycles. The third-order valence-electron chi connectivity index (χ3n) is 17.5. The largest absolute Gasteiger partial charge is 0.459 e. The maximum Gasteiger partial charge on any atom is 0.311 e. The van der Waals surface area contributed by atoms with E-state index in [0.717, 1.165) is 16.2 Å². The number of methoxy groups -OCH3 is 1. The number of nitro groups is 1. The number of nitrogens with zero attached hydrogens (tertiary/aromatic N) is 7. The smallest absolute Gasteiger partial charge is 0.311 e. The Kier molecular flexibility index (Phi) is 20.7. The van der Waals surface area contributed by atoms with Gasteiger partial charge in [-0.1, -0.05) is 50.3 Å². The normalized spacial score (nSPS) is 36.7. The number of hydrogen-bond acceptors (Lipinski definition) is 20. The number of carbonyl (C=O) groups is 3. The van der Waals surface area contributed by atoms with Crippen molar-refractivity contribution in [3.63, 3.8) is 0 Å². The second-order valence-corrected chi connectivity index (χ2v) is 23.9. The van der Waals surface area contributed by atoms with E-state index in [4.69, 9.17) is 28.4 Å². The number of ether oxygens (including phenoxy) is 6. The summed E-state index contributed by atoms with van der Waals surface area (Å²) < 4.78 is 40.3. The number of cyclic esters (lactones) is 1. The first-order valence-electron chi connectivity index (χ1n) is 28.5. The molecular formula is C58H87N7O16. The first kappa shape index (κ1) is 63.7. The van der Waals surface area contributed by atoms with Crippen molar-refractivity contribution in [2.45, 2.75) is 205 Å². The van der Waals surface area contributed by atoms with E-state index >= 15 is 0 Å². The number of non-ortho nitro benzene ring substituents is 1. The molecule has 23 nitrogen and oxygen atoms in total. The molecule has 3 saturated heterocycles. The third-order valence-corrected chi connectivity index (χ3v) is 17.5. The number of nitro benzene ring substituents is 1. The molecule has 2 amide bonds. The van der Waals surface area contributed by atoms with Crippen molar-refractivity contribution in [2.75, 3.05) is 40.3 Å². The van der Waals surface area contributed by atoms with Crippen LogP contribution in [-0.4, -0.2) is 209 Å². The number of aliphatic hydroxyl groups is 5. The molecule has 450 valence electrons. The lowest BCUT2D eigenvalue weighted by Gasteiger charge is -2.49. The van der Waals surface area contributed by atoms with Crippen molar-refractivity contribution in [1.29, 1.82) is 0 Å². The van der Waals surface area contributed by atoms with Gasteiger partial charge in [-0.2, -0.15) is 0 Å². The Hall–Kier alpha value is -4.89. The monoisotopic (exact) mass is 1140 g/mol. The number of benzene rings is 2. The summed E-state index contributed by atoms with van der Waals surface area (Å²) in [6.45, 7) is 18.2. The molecule has 0 aliphatic carbocycles. The maximum atomic E-state index is 14.8. The summed E-state index contributed by atoms with van der Waals surface area (Å²) in [6.07, 6.45) is -7.61. The molecule has 2 aromatic carbocycles. The van der Waals surface area contributed by atoms with Gasteiger partial charge in [-0.05, 0) is 105 Å². The molecule has 23 heteroatoms. The molecule has 5 N–H and O–H groups in total. The van der Waals surface area contributed by atoms with Crippen molar-refractivity contribution >= 4 is 23.5 Å². The average molecular weight is 1140 g/mol. The molecule has 81 heavy (non-hydrogen) atoms. The number of likely N-dealkylation sites (N-methyl/N-ethyl adjacent to an activating group) is 1. The number of rotatable bonds is 17. The number of aromatic nitrogens is 3. The van der Waals surface area contributed by atoms with Crippen LogP contribution in [-0.2, 0) is 52.6 Å². The van der Waals surface area contributed by atoms with E-state index in [1.807, 2.05) is 36.9 Å². The van der Waals surface area contributed by atoms with Crippen molar-refractivity contribution < 1.29 is 73.3 Å². The lowest BCUT2D eigenvalue weighted by Crippen LogP contribution is -2.61. The van der Waals surface area contributed by atoms with Gasteiger partial charge in [-0.3, -0.25) is 39.0 Å². The lowest BCUT2D eigenvalue weighted by molar-refractivity contribution is -0.384. The van der Waals surface area contributed by atoms with Crippen LogP contribution >= 0.6 is 0 Å². The number of esters is 1. The topological polar surface area (TPSA) is 291 Å². The second kappa shape index (κ2) is 26.4. The van der Waals surface area contributed by atoms with Crippen molar-refractivity contribution in [2.24, 2.45) is 17.8 Å². The number of imide groups is 1. The molecule has 4 aliphatic rings. The fraction of sp³-hybridized carbons (Fsp3) is 0.707. The zero-order valence-electron chi connectivity index (χ0n) is 49.0. The van der Waals surface area contributed by atoms with Gasteiger partial charge in [0.05, 0.1) is 63.3 Å². The molecular weight excluding hydrogens is 1050 g/mol. The van der Waals surface area contributed by atoms with Crippen molar-refractivity contribution in [3.8, 4) is 0 Å². The zero-order chi connectivity index (χ0) is 59.5. The molecule has 3 fully saturated rings. The Bertz CT molecular complexity index is 2590. The highest BCUT2D eigenvalue weighted by Gasteiger charge is 2.53. The summed E-state index contributed by atoms with van der Waals surface area (Å²) in [5, 5.41) is 81.1. The molecule has 18 atom stereocenters. The quantitative estimate of drug-likeness (QED) is 0.0554. The Morgan fingerprint density at radius 2 is 1.52 bits per heavy atom. The highest BCUT2D eigenvalue weighted by molar-refractivity contribution is 6.21. The van der Waals surface area contributed by atoms with Crippen LogP contribution in [0.5, 0.6) is 0 Å². The van der Waals surface area contributed by atoms with Gasteiger partial charge < -0.3 is 58.9 Å². The molecule has 7 rings (SSSR count). The van der Waals surface area contributed by atoms with Gasteiger partial charge in [0, 0.05) is 89.0 Å². The molecule has 1 aromatic heterocycles. The fourth-order valence-corrected chi connectivity index (χ4v) is 12.5. The summed E-state index contributed by atoms with van der Waals surface area (Å²) in [6, 6.07) is 11.6. The van der Waals surface area contributed by atoms with E-state index in [1.165, 1.54) is 26.2 Å². The standard InChI is InChI=1S/C58H87N7O16/c1-13-45-58(10,73)49(67)37(6)62(26-27-64-52(69)42-16-14-15-17-43(42)53(64)70)31-33(2)29-56(8,72)51(35(4)48(36(5)54(71)79-45)80-46-30-57(9,76-12)50(68)38(7)78-46)81-55-47(66)44(28-34(3)77-55)61(11)24-23-40-32-63(60-59-40)25-22-39-18-20-41(21-19-39)65(74)75/h14-21,32-38,44-51,55,66-68,72-73H,13,22-31H2,1-12H3/t33-,34-,35+,36-,37-,38+,44+,45-,46+,47-,48+,49-,50+,51-,55+,56-,57-,58-/m1/s1. The maximum absolute atomic E-state index is 14.8. The second-order valence-electron chi connectivity index (χ2n) is 23.9. The van der Waals surface area contributed by atoms with Gasteiger partial charge in [0.1, 0.15) is 30.0 Å². The Balaban J connectivity index is 1.18. The van der Waals surface area contributed by atoms with Crippen LogP contribution in [0.25, 0.3) is 0 Å². The summed E-state index contributed by atoms with van der Waals surface area (Å²) >= 11 is 0. The van der Waals surface area contributed by atoms with E-state index in [1.54, 1.807) is 89.5 Å². The lowest BCUT2D eigenvalue weighted by atomic mass is 9.77. The summed E-state index contributed by atoms with van der Waals surface area (Å²) in [4.78, 5) is 57.6. The van der Waals surface area contributed by atoms with E-state index in [2.05, 4.69) is 10.3 Å². The number of aliphatic hydroxyl groups excluding tert-OH is 3. The van der Waals surface area contributed by atoms with Crippen LogP contribution in [0.4, 0.5) is 5.69 Å². The highest BCUT2D eigenvalue weighted by Crippen LogP contribution is 2.41. The molecule has 3 aromatic rings. The van der Waals surface area contributed by atoms with Gasteiger partial charge in [0.25, 0.3) is 17.5 Å². The van der Waals surface area contributed by atoms with Crippen LogP contribution in [0.15, 0.2) is 54.7 Å². The Morgan fingerprint density at radius 3 is 2.14 bits per heavy atom. The predicted octanol–water partition coefficient (Wildman–Crippen LogP) is 3.92. The summed E-state index contributed by atoms with van der Waals surface area (Å²) in [5.74, 6) is -4.21. The minimum Gasteiger partial charge on any atom is -0.459 e. The van der Waals surface area contributed by atoms with Gasteiger partial charge in [-0.25, -0.2) is 0 Å². The van der Waals surface area contributed by atoms with E-state index in [0.29, 0.717) is 32.4 Å². The first-order valence-corrected chi connectivity index (χ1v) is 28.5. The SMILES string of the molecule is CC[C@H]1OC(=O)[C@H](C)[C@@H](O[C@H]2C[C@@](C)(OC)[C@@H](O)[C@H](C)O2)[C@H](C)[C@@H](O[C@@H]2O[C@H](C)C[C@H](N(C)CCc3cn(CCc4ccc([N+](=O)[O-])cc4)nn3)[C@H]2O)[C@](C)(O)C[C@@H](C)CN(CCN2C(=O)c3ccccc3C2=O)[C@H](C)[C@@H](O)[C@]1(C)O. The highest BCUT2D eigenvalue weighted by atomic mass is 16.7. The van der Waals surface area contributed by atoms with Gasteiger partial charge >= 0.3 is 5.97 Å². The molecule has 0 saturated carbocycles. The van der Waals surface area contributed by atoms with Crippen molar-refractivity contribution in [1.82, 2.24) is 29.7 Å². The third kappa shape index (κ3) is 14.4. The zero-order valence-corrected chi connectivity index (χ0v) is 49.0. The molecule has 0 spiro atoms. The van der Waals surface area contributed by atoms with Crippen LogP contribution in [0.1, 0.15) is 127 Å². The number of hydrogen-bond donors (Lipinski definition) is 5. The Morgan fingerprint density at radius 1 is 0.864 bits per heavy atom. The summed E-state index contributed by atoms with van der Waals surface area (Å²) in [5.41, 5.74) is -2.73. The van der Waals surface area contributed by atoms with Gasteiger partial charge in [0.15, 0.2) is 12.6 Å². The van der Waals surface area contributed by atoms with E-state index in [9.17, 15) is 50.0 Å². The number of carbonyl (C=O) groups excluding carboxylic acids is 3. The minimum absolute atomic E-state index is 0.0209. The van der Waals surface area contributed by atoms with Crippen LogP contribution < -0.4 is 0 Å². The molecule has 0 bridgehead atoms. The van der Waals surface area contributed by atoms with E-state index in [-0.39, 0.29) is 55.7 Å². The molecule has 0 radical (unpaired) electrons. The predicted molar refractivity (Wildman–Crippen MR) is 294 cm³/mol. The van der Waals surface area contributed by atoms with Crippen LogP contribution in [0.2, 0.25) is 0 Å². The molecule has 0 unspecified atom stereocenters. The van der Waals surface area contributed by atoms with Crippen molar-refractivity contribution in [3.05, 3.63) is 87.2 Å². The minimum atomic E-state index is -2.04.